The van der Waals surface area contributed by atoms with Gasteiger partial charge in [-0.1, -0.05) is 6.07 Å². The summed E-state index contributed by atoms with van der Waals surface area (Å²) in [7, 11) is 1.65. The molecule has 1 amide bonds. The molecule has 2 aromatic rings. The summed E-state index contributed by atoms with van der Waals surface area (Å²) in [4.78, 5) is 15.3. The standard InChI is InChI=1S/C23H30FN3O3/c1-17-4-5-19(16-22(17)24)25-23(28)18(2)27-12-10-26(11-13-27)14-15-30-21-8-6-20(29-3)7-9-21/h4-9,16,18H,10-15H2,1-3H3,(H,25,28)/p+2/t18-/m0/s1. The van der Waals surface area contributed by atoms with Gasteiger partial charge in [0.2, 0.25) is 0 Å². The van der Waals surface area contributed by atoms with E-state index in [1.807, 2.05) is 31.2 Å². The summed E-state index contributed by atoms with van der Waals surface area (Å²) in [6.07, 6.45) is 0. The first-order chi connectivity index (χ1) is 14.5. The predicted octanol–water partition coefficient (Wildman–Crippen LogP) is 0.332. The fourth-order valence-electron chi connectivity index (χ4n) is 3.70. The van der Waals surface area contributed by atoms with E-state index < -0.39 is 0 Å². The fourth-order valence-corrected chi connectivity index (χ4v) is 3.70. The summed E-state index contributed by atoms with van der Waals surface area (Å²) in [5.74, 6) is 1.29. The quantitative estimate of drug-likeness (QED) is 0.580. The Morgan fingerprint density at radius 2 is 1.77 bits per heavy atom. The van der Waals surface area contributed by atoms with Gasteiger partial charge in [0.1, 0.15) is 56.6 Å². The molecule has 0 saturated carbocycles. The van der Waals surface area contributed by atoms with Crippen LogP contribution in [-0.2, 0) is 4.79 Å². The minimum absolute atomic E-state index is 0.0699. The van der Waals surface area contributed by atoms with Gasteiger partial charge >= 0.3 is 0 Å². The Labute approximate surface area is 177 Å². The van der Waals surface area contributed by atoms with E-state index in [2.05, 4.69) is 5.32 Å². The number of aryl methyl sites for hydroxylation is 1. The van der Waals surface area contributed by atoms with Crippen molar-refractivity contribution in [3.05, 3.63) is 53.8 Å². The van der Waals surface area contributed by atoms with Crippen LogP contribution in [0.1, 0.15) is 12.5 Å². The molecule has 1 fully saturated rings. The van der Waals surface area contributed by atoms with Crippen molar-refractivity contribution >= 4 is 11.6 Å². The molecule has 2 aromatic carbocycles. The molecule has 0 bridgehead atoms. The number of benzene rings is 2. The molecule has 0 unspecified atom stereocenters. The fraction of sp³-hybridized carbons (Fsp3) is 0.435. The summed E-state index contributed by atoms with van der Waals surface area (Å²) in [5, 5.41) is 2.84. The third-order valence-corrected chi connectivity index (χ3v) is 5.83. The topological polar surface area (TPSA) is 56.4 Å². The van der Waals surface area contributed by atoms with E-state index in [-0.39, 0.29) is 17.8 Å². The Morgan fingerprint density at radius 3 is 2.40 bits per heavy atom. The number of carbonyl (C=O) groups is 1. The third kappa shape index (κ3) is 5.93. The van der Waals surface area contributed by atoms with Crippen molar-refractivity contribution < 1.29 is 28.5 Å². The highest BCUT2D eigenvalue weighted by Crippen LogP contribution is 2.16. The van der Waals surface area contributed by atoms with E-state index in [0.717, 1.165) is 44.2 Å². The van der Waals surface area contributed by atoms with E-state index in [1.165, 1.54) is 15.9 Å². The van der Waals surface area contributed by atoms with Crippen molar-refractivity contribution in [2.45, 2.75) is 19.9 Å². The van der Waals surface area contributed by atoms with Crippen LogP contribution >= 0.6 is 0 Å². The Morgan fingerprint density at radius 1 is 1.10 bits per heavy atom. The average Bonchev–Trinajstić information content (AvgIpc) is 2.77. The van der Waals surface area contributed by atoms with Gasteiger partial charge in [0.25, 0.3) is 5.91 Å². The van der Waals surface area contributed by atoms with Crippen molar-refractivity contribution in [1.29, 1.82) is 0 Å². The molecule has 7 heteroatoms. The van der Waals surface area contributed by atoms with E-state index in [9.17, 15) is 9.18 Å². The summed E-state index contributed by atoms with van der Waals surface area (Å²) in [6.45, 7) is 9.08. The first kappa shape index (κ1) is 22.1. The van der Waals surface area contributed by atoms with E-state index >= 15 is 0 Å². The van der Waals surface area contributed by atoms with Crippen LogP contribution in [0, 0.1) is 12.7 Å². The predicted molar refractivity (Wildman–Crippen MR) is 114 cm³/mol. The van der Waals surface area contributed by atoms with Crippen LogP contribution in [0.25, 0.3) is 0 Å². The number of anilines is 1. The van der Waals surface area contributed by atoms with Gasteiger partial charge in [-0.3, -0.25) is 4.79 Å². The number of ether oxygens (including phenoxy) is 2. The van der Waals surface area contributed by atoms with E-state index in [4.69, 9.17) is 9.47 Å². The highest BCUT2D eigenvalue weighted by molar-refractivity contribution is 5.93. The zero-order chi connectivity index (χ0) is 21.5. The van der Waals surface area contributed by atoms with Gasteiger partial charge in [-0.05, 0) is 55.8 Å². The molecule has 3 rings (SSSR count). The number of amides is 1. The van der Waals surface area contributed by atoms with Crippen LogP contribution in [0.15, 0.2) is 42.5 Å². The molecule has 6 nitrogen and oxygen atoms in total. The van der Waals surface area contributed by atoms with Gasteiger partial charge in [-0.2, -0.15) is 0 Å². The van der Waals surface area contributed by atoms with Gasteiger partial charge in [0.05, 0.1) is 7.11 Å². The lowest BCUT2D eigenvalue weighted by atomic mass is 10.2. The van der Waals surface area contributed by atoms with Gasteiger partial charge < -0.3 is 24.6 Å². The summed E-state index contributed by atoms with van der Waals surface area (Å²) >= 11 is 0. The summed E-state index contributed by atoms with van der Waals surface area (Å²) in [5.41, 5.74) is 1.08. The molecule has 162 valence electrons. The molecule has 1 aliphatic heterocycles. The molecule has 1 heterocycles. The van der Waals surface area contributed by atoms with Crippen LogP contribution in [0.3, 0.4) is 0 Å². The second-order valence-electron chi connectivity index (χ2n) is 7.86. The number of piperazine rings is 1. The maximum absolute atomic E-state index is 13.7. The van der Waals surface area contributed by atoms with Crippen LogP contribution in [-0.4, -0.2) is 58.4 Å². The van der Waals surface area contributed by atoms with Gasteiger partial charge in [0.15, 0.2) is 6.04 Å². The Hall–Kier alpha value is -2.64. The minimum Gasteiger partial charge on any atom is -0.497 e. The number of quaternary nitrogens is 2. The third-order valence-electron chi connectivity index (χ3n) is 5.83. The monoisotopic (exact) mass is 417 g/mol. The number of rotatable bonds is 8. The van der Waals surface area contributed by atoms with Crippen LogP contribution in [0.5, 0.6) is 11.5 Å². The summed E-state index contributed by atoms with van der Waals surface area (Å²) < 4.78 is 24.7. The van der Waals surface area contributed by atoms with Crippen molar-refractivity contribution in [2.24, 2.45) is 0 Å². The zero-order valence-corrected chi connectivity index (χ0v) is 18.0. The molecule has 1 saturated heterocycles. The lowest BCUT2D eigenvalue weighted by Gasteiger charge is -2.32. The second-order valence-corrected chi connectivity index (χ2v) is 7.86. The lowest BCUT2D eigenvalue weighted by molar-refractivity contribution is -1.02. The molecular weight excluding hydrogens is 385 g/mol. The molecule has 0 spiro atoms. The largest absolute Gasteiger partial charge is 0.497 e. The number of nitrogens with one attached hydrogen (secondary N) is 3. The normalized spacial score (nSPS) is 19.7. The lowest BCUT2D eigenvalue weighted by Crippen LogP contribution is -3.30. The molecular formula is C23H32FN3O3+2. The van der Waals surface area contributed by atoms with Crippen molar-refractivity contribution in [3.63, 3.8) is 0 Å². The highest BCUT2D eigenvalue weighted by Gasteiger charge is 2.31. The molecule has 1 aliphatic rings. The number of carbonyl (C=O) groups excluding carboxylic acids is 1. The molecule has 3 N–H and O–H groups in total. The maximum Gasteiger partial charge on any atom is 0.282 e. The second kappa shape index (κ2) is 10.4. The zero-order valence-electron chi connectivity index (χ0n) is 18.0. The Bertz CT molecular complexity index is 836. The van der Waals surface area contributed by atoms with Crippen molar-refractivity contribution in [2.75, 3.05) is 51.8 Å². The smallest absolute Gasteiger partial charge is 0.282 e. The van der Waals surface area contributed by atoms with E-state index in [0.29, 0.717) is 17.9 Å². The number of methoxy groups -OCH3 is 1. The Balaban J connectivity index is 1.39. The van der Waals surface area contributed by atoms with Crippen molar-refractivity contribution in [1.82, 2.24) is 0 Å². The van der Waals surface area contributed by atoms with Crippen LogP contribution in [0.4, 0.5) is 10.1 Å². The minimum atomic E-state index is -0.304. The molecule has 1 atom stereocenters. The average molecular weight is 418 g/mol. The van der Waals surface area contributed by atoms with E-state index in [1.54, 1.807) is 26.2 Å². The highest BCUT2D eigenvalue weighted by atomic mass is 19.1. The van der Waals surface area contributed by atoms with Gasteiger partial charge in [-0.15, -0.1) is 0 Å². The SMILES string of the molecule is COc1ccc(OCC[NH+]2CC[NH+]([C@@H](C)C(=O)Nc3ccc(C)c(F)c3)CC2)cc1. The van der Waals surface area contributed by atoms with Crippen LogP contribution in [0.2, 0.25) is 0 Å². The first-order valence-electron chi connectivity index (χ1n) is 10.5. The van der Waals surface area contributed by atoms with Gasteiger partial charge in [0, 0.05) is 5.69 Å². The molecule has 0 aromatic heterocycles. The Kier molecular flexibility index (Phi) is 7.65. The number of hydrogen-bond donors (Lipinski definition) is 3. The molecule has 30 heavy (non-hydrogen) atoms. The van der Waals surface area contributed by atoms with Crippen LogP contribution < -0.4 is 24.6 Å². The molecule has 0 aliphatic carbocycles. The van der Waals surface area contributed by atoms with Gasteiger partial charge in [-0.25, -0.2) is 4.39 Å². The molecule has 0 radical (unpaired) electrons. The van der Waals surface area contributed by atoms with Crippen molar-refractivity contribution in [3.8, 4) is 11.5 Å². The number of hydrogen-bond acceptors (Lipinski definition) is 3. The first-order valence-corrected chi connectivity index (χ1v) is 10.5. The number of halogens is 1. The maximum atomic E-state index is 13.7. The summed E-state index contributed by atoms with van der Waals surface area (Å²) in [6, 6.07) is 12.2.